The molecule has 2 fully saturated rings. The monoisotopic (exact) mass is 759 g/mol. The molecule has 2 aromatic carbocycles. The predicted molar refractivity (Wildman–Crippen MR) is 179 cm³/mol. The Morgan fingerprint density at radius 2 is 1.76 bits per heavy atom. The fourth-order valence-electron chi connectivity index (χ4n) is 5.01. The van der Waals surface area contributed by atoms with E-state index in [1.807, 2.05) is 0 Å². The van der Waals surface area contributed by atoms with Crippen molar-refractivity contribution in [3.05, 3.63) is 75.5 Å². The van der Waals surface area contributed by atoms with Crippen molar-refractivity contribution in [3.8, 4) is 17.2 Å². The summed E-state index contributed by atoms with van der Waals surface area (Å²) in [6, 6.07) is 8.26. The van der Waals surface area contributed by atoms with Crippen LogP contribution in [-0.2, 0) is 26.0 Å². The molecule has 264 valence electrons. The third kappa shape index (κ3) is 8.69. The molecule has 17 heteroatoms. The number of halogens is 4. The molecule has 0 spiro atoms. The zero-order chi connectivity index (χ0) is 35.5. The molecular formula is C32H33Cl2F2N3O8S2. The summed E-state index contributed by atoms with van der Waals surface area (Å²) in [7, 11) is 0.0566. The molecule has 1 aliphatic carbocycles. The van der Waals surface area contributed by atoms with Crippen LogP contribution in [0.5, 0.6) is 17.2 Å². The number of benzene rings is 2. The highest BCUT2D eigenvalue weighted by Gasteiger charge is 2.39. The number of rotatable bonds is 14. The van der Waals surface area contributed by atoms with Crippen molar-refractivity contribution in [2.24, 2.45) is 5.92 Å². The normalized spacial score (nSPS) is 16.9. The number of ether oxygens (including phenoxy) is 4. The molecule has 2 heterocycles. The van der Waals surface area contributed by atoms with Crippen LogP contribution < -0.4 is 14.2 Å². The van der Waals surface area contributed by atoms with Crippen LogP contribution in [0.2, 0.25) is 10.0 Å². The van der Waals surface area contributed by atoms with Crippen molar-refractivity contribution in [2.45, 2.75) is 42.2 Å². The van der Waals surface area contributed by atoms with Gasteiger partial charge in [0.2, 0.25) is 10.0 Å². The van der Waals surface area contributed by atoms with Crippen molar-refractivity contribution in [1.29, 1.82) is 0 Å². The summed E-state index contributed by atoms with van der Waals surface area (Å²) < 4.78 is 75.2. The highest BCUT2D eigenvalue weighted by Crippen LogP contribution is 2.39. The number of nitrogens with zero attached hydrogens (tertiary/aromatic N) is 3. The molecule has 0 radical (unpaired) electrons. The highest BCUT2D eigenvalue weighted by molar-refractivity contribution is 8.00. The number of hydrogen-bond acceptors (Lipinski definition) is 10. The molecule has 1 aliphatic heterocycles. The van der Waals surface area contributed by atoms with E-state index >= 15 is 0 Å². The first-order valence-electron chi connectivity index (χ1n) is 15.0. The van der Waals surface area contributed by atoms with Gasteiger partial charge in [-0.3, -0.25) is 9.78 Å². The Hall–Kier alpha value is -3.37. The van der Waals surface area contributed by atoms with Gasteiger partial charge in [-0.2, -0.15) is 8.78 Å². The minimum absolute atomic E-state index is 0.0282. The molecule has 11 nitrogen and oxygen atoms in total. The number of hydrogen-bond donors (Lipinski definition) is 0. The average molecular weight is 761 g/mol. The molecule has 1 saturated heterocycles. The van der Waals surface area contributed by atoms with E-state index in [1.165, 1.54) is 86.7 Å². The van der Waals surface area contributed by atoms with Gasteiger partial charge < -0.3 is 23.8 Å². The van der Waals surface area contributed by atoms with Crippen LogP contribution >= 0.6 is 35.0 Å². The van der Waals surface area contributed by atoms with Crippen LogP contribution in [-0.4, -0.2) is 86.6 Å². The minimum Gasteiger partial charge on any atom is -0.495 e. The van der Waals surface area contributed by atoms with Gasteiger partial charge in [0.1, 0.15) is 16.7 Å². The molecular weight excluding hydrogens is 727 g/mol. The number of alkyl halides is 2. The van der Waals surface area contributed by atoms with E-state index < -0.39 is 40.0 Å². The van der Waals surface area contributed by atoms with Gasteiger partial charge in [-0.15, -0.1) is 11.8 Å². The Morgan fingerprint density at radius 3 is 2.39 bits per heavy atom. The van der Waals surface area contributed by atoms with E-state index in [0.29, 0.717) is 29.4 Å². The van der Waals surface area contributed by atoms with Gasteiger partial charge in [0.05, 0.1) is 23.8 Å². The maximum Gasteiger partial charge on any atom is 0.387 e. The molecule has 3 aromatic rings. The smallest absolute Gasteiger partial charge is 0.387 e. The second-order valence-electron chi connectivity index (χ2n) is 11.4. The van der Waals surface area contributed by atoms with Crippen LogP contribution in [0.3, 0.4) is 0 Å². The van der Waals surface area contributed by atoms with Crippen LogP contribution in [0.25, 0.3) is 0 Å². The van der Waals surface area contributed by atoms with Gasteiger partial charge >= 0.3 is 12.6 Å². The van der Waals surface area contributed by atoms with Gasteiger partial charge in [0.25, 0.3) is 5.91 Å². The summed E-state index contributed by atoms with van der Waals surface area (Å²) in [5.41, 5.74) is 0.823. The van der Waals surface area contributed by atoms with Gasteiger partial charge in [0.15, 0.2) is 16.9 Å². The average Bonchev–Trinajstić information content (AvgIpc) is 3.77. The minimum atomic E-state index is -3.98. The molecule has 0 bridgehead atoms. The first kappa shape index (κ1) is 36.9. The molecule has 2 atom stereocenters. The largest absolute Gasteiger partial charge is 0.495 e. The molecule has 1 aromatic heterocycles. The quantitative estimate of drug-likeness (QED) is 0.179. The number of carbonyl (C=O) groups excluding carboxylic acids is 2. The van der Waals surface area contributed by atoms with Crippen LogP contribution in [0.4, 0.5) is 8.78 Å². The van der Waals surface area contributed by atoms with E-state index in [-0.39, 0.29) is 50.7 Å². The van der Waals surface area contributed by atoms with Crippen LogP contribution in [0, 0.1) is 5.92 Å². The lowest BCUT2D eigenvalue weighted by Crippen LogP contribution is -2.41. The summed E-state index contributed by atoms with van der Waals surface area (Å²) in [4.78, 5) is 32.7. The summed E-state index contributed by atoms with van der Waals surface area (Å²) in [6.07, 6.45) is 3.60. The summed E-state index contributed by atoms with van der Waals surface area (Å²) >= 11 is 14.0. The molecule has 2 aliphatic rings. The van der Waals surface area contributed by atoms with E-state index in [2.05, 4.69) is 9.72 Å². The Morgan fingerprint density at radius 1 is 1.06 bits per heavy atom. The number of thioether (sulfide) groups is 1. The number of pyridine rings is 1. The first-order chi connectivity index (χ1) is 23.3. The summed E-state index contributed by atoms with van der Waals surface area (Å²) in [5, 5.41) is -0.667. The number of methoxy groups -OCH3 is 1. The summed E-state index contributed by atoms with van der Waals surface area (Å²) in [6.45, 7) is -2.62. The van der Waals surface area contributed by atoms with Gasteiger partial charge in [-0.25, -0.2) is 17.5 Å². The second kappa shape index (κ2) is 15.7. The maximum atomic E-state index is 13.9. The molecule has 0 N–H and O–H groups in total. The van der Waals surface area contributed by atoms with E-state index in [4.69, 9.17) is 37.4 Å². The first-order valence-corrected chi connectivity index (χ1v) is 18.3. The van der Waals surface area contributed by atoms with Crippen LogP contribution in [0.1, 0.15) is 40.4 Å². The Bertz CT molecular complexity index is 1790. The molecule has 1 saturated carbocycles. The lowest BCUT2D eigenvalue weighted by atomic mass is 10.0. The number of carbonyl (C=O) groups is 2. The predicted octanol–water partition coefficient (Wildman–Crippen LogP) is 6.08. The third-order valence-electron chi connectivity index (χ3n) is 7.85. The highest BCUT2D eigenvalue weighted by atomic mass is 35.5. The number of amides is 1. The van der Waals surface area contributed by atoms with Gasteiger partial charge in [-0.05, 0) is 60.2 Å². The second-order valence-corrected chi connectivity index (χ2v) is 15.5. The Balaban J connectivity index is 1.45. The Labute approximate surface area is 296 Å². The molecule has 49 heavy (non-hydrogen) atoms. The third-order valence-corrected chi connectivity index (χ3v) is 11.5. The lowest BCUT2D eigenvalue weighted by molar-refractivity contribution is -0.151. The van der Waals surface area contributed by atoms with Gasteiger partial charge in [0, 0.05) is 50.8 Å². The SMILES string of the molecule is COc1ccc(C(=O)N2CCSC2C(=O)O[C@@H](Cc2c(Cl)cncc2Cl)c2ccc(OC(F)F)c(OCC3CC3)c2)cc1S(=O)(=O)N(C)C. The number of esters is 1. The number of aromatic nitrogens is 1. The molecule has 5 rings (SSSR count). The van der Waals surface area contributed by atoms with Crippen molar-refractivity contribution in [2.75, 3.05) is 40.1 Å². The Kier molecular flexibility index (Phi) is 11.8. The zero-order valence-corrected chi connectivity index (χ0v) is 29.8. The molecule has 1 unspecified atom stereocenters. The van der Waals surface area contributed by atoms with Crippen molar-refractivity contribution >= 4 is 56.9 Å². The topological polar surface area (TPSA) is 125 Å². The van der Waals surface area contributed by atoms with E-state index in [9.17, 15) is 26.8 Å². The maximum absolute atomic E-state index is 13.9. The number of sulfonamides is 1. The van der Waals surface area contributed by atoms with Crippen molar-refractivity contribution < 1.29 is 45.7 Å². The van der Waals surface area contributed by atoms with Crippen molar-refractivity contribution in [3.63, 3.8) is 0 Å². The standard InChI is InChI=1S/C32H33Cl2F2N3O8S2/c1-38(2)49(42,43)28-13-20(7-9-25(28)44-3)29(40)39-10-11-48-30(39)31(41)46-26(14-21-22(33)15-37-16-23(21)34)19-6-8-24(47-32(35)36)27(12-19)45-17-18-4-5-18/h6-9,12-13,15-16,18,26,30,32H,4-5,10-11,14,17H2,1-3H3/t26-,30?/m0/s1. The fraction of sp³-hybridized carbons (Fsp3) is 0.406. The fourth-order valence-corrected chi connectivity index (χ4v) is 7.71. The lowest BCUT2D eigenvalue weighted by Gasteiger charge is -2.26. The van der Waals surface area contributed by atoms with E-state index in [1.54, 1.807) is 0 Å². The van der Waals surface area contributed by atoms with Crippen LogP contribution in [0.15, 0.2) is 53.7 Å². The molecule has 1 amide bonds. The summed E-state index contributed by atoms with van der Waals surface area (Å²) in [5.74, 6) is -0.736. The van der Waals surface area contributed by atoms with Gasteiger partial charge in [-0.1, -0.05) is 29.3 Å². The van der Waals surface area contributed by atoms with Crippen molar-refractivity contribution in [1.82, 2.24) is 14.2 Å². The zero-order valence-electron chi connectivity index (χ0n) is 26.6. The van der Waals surface area contributed by atoms with E-state index in [0.717, 1.165) is 17.1 Å².